The summed E-state index contributed by atoms with van der Waals surface area (Å²) in [5.41, 5.74) is 2.67. The van der Waals surface area contributed by atoms with Gasteiger partial charge in [0.1, 0.15) is 0 Å². The van der Waals surface area contributed by atoms with Crippen LogP contribution in [0.3, 0.4) is 0 Å². The van der Waals surface area contributed by atoms with Crippen LogP contribution in [0.25, 0.3) is 0 Å². The van der Waals surface area contributed by atoms with Crippen LogP contribution in [0.15, 0.2) is 24.3 Å². The first-order valence-electron chi connectivity index (χ1n) is 6.00. The molecular formula is C14H21Cl. The molecule has 0 aliphatic rings. The molecule has 0 amide bonds. The molecule has 1 aromatic rings. The zero-order valence-electron chi connectivity index (χ0n) is 9.64. The van der Waals surface area contributed by atoms with Crippen molar-refractivity contribution in [2.24, 2.45) is 0 Å². The molecule has 0 bridgehead atoms. The van der Waals surface area contributed by atoms with Crippen LogP contribution in [0.2, 0.25) is 0 Å². The topological polar surface area (TPSA) is 0 Å². The number of halogens is 1. The average Bonchev–Trinajstić information content (AvgIpc) is 2.29. The maximum Gasteiger partial charge on any atom is 0.0474 e. The van der Waals surface area contributed by atoms with Crippen LogP contribution < -0.4 is 0 Å². The second kappa shape index (κ2) is 7.76. The van der Waals surface area contributed by atoms with Crippen LogP contribution in [0, 0.1) is 0 Å². The Bertz CT molecular complexity index is 268. The van der Waals surface area contributed by atoms with E-state index < -0.39 is 0 Å². The van der Waals surface area contributed by atoms with Gasteiger partial charge in [0.05, 0.1) is 0 Å². The standard InChI is InChI=1S/C14H21Cl/c1-2-3-4-5-6-8-13-9-7-10-14(11-13)12-15/h7,9-11H,2-6,8,12H2,1H3. The van der Waals surface area contributed by atoms with Gasteiger partial charge in [0.15, 0.2) is 0 Å². The Morgan fingerprint density at radius 2 is 1.73 bits per heavy atom. The van der Waals surface area contributed by atoms with Crippen molar-refractivity contribution in [2.45, 2.75) is 51.3 Å². The highest BCUT2D eigenvalue weighted by atomic mass is 35.5. The first kappa shape index (κ1) is 12.6. The normalized spacial score (nSPS) is 10.5. The predicted molar refractivity (Wildman–Crippen MR) is 68.5 cm³/mol. The molecule has 0 atom stereocenters. The monoisotopic (exact) mass is 224 g/mol. The minimum Gasteiger partial charge on any atom is -0.122 e. The number of hydrogen-bond donors (Lipinski definition) is 0. The average molecular weight is 225 g/mol. The van der Waals surface area contributed by atoms with Crippen molar-refractivity contribution in [3.63, 3.8) is 0 Å². The quantitative estimate of drug-likeness (QED) is 0.455. The van der Waals surface area contributed by atoms with Gasteiger partial charge in [-0.15, -0.1) is 11.6 Å². The first-order chi connectivity index (χ1) is 7.36. The molecule has 1 heteroatoms. The van der Waals surface area contributed by atoms with Crippen LogP contribution in [0.1, 0.15) is 50.2 Å². The summed E-state index contributed by atoms with van der Waals surface area (Å²) in [4.78, 5) is 0. The van der Waals surface area contributed by atoms with Crippen molar-refractivity contribution in [3.05, 3.63) is 35.4 Å². The summed E-state index contributed by atoms with van der Waals surface area (Å²) in [6.45, 7) is 2.25. The third-order valence-electron chi connectivity index (χ3n) is 2.71. The van der Waals surface area contributed by atoms with Crippen LogP contribution in [0.5, 0.6) is 0 Å². The second-order valence-electron chi connectivity index (χ2n) is 4.12. The van der Waals surface area contributed by atoms with Gasteiger partial charge in [0, 0.05) is 5.88 Å². The summed E-state index contributed by atoms with van der Waals surface area (Å²) in [5.74, 6) is 0.629. The summed E-state index contributed by atoms with van der Waals surface area (Å²) in [5, 5.41) is 0. The number of alkyl halides is 1. The van der Waals surface area contributed by atoms with Gasteiger partial charge < -0.3 is 0 Å². The minimum absolute atomic E-state index is 0.629. The van der Waals surface area contributed by atoms with E-state index >= 15 is 0 Å². The molecule has 15 heavy (non-hydrogen) atoms. The van der Waals surface area contributed by atoms with Gasteiger partial charge in [-0.1, -0.05) is 56.9 Å². The van der Waals surface area contributed by atoms with Gasteiger partial charge in [-0.2, -0.15) is 0 Å². The third-order valence-corrected chi connectivity index (χ3v) is 3.02. The van der Waals surface area contributed by atoms with E-state index in [4.69, 9.17) is 11.6 Å². The van der Waals surface area contributed by atoms with E-state index in [0.717, 1.165) is 0 Å². The summed E-state index contributed by atoms with van der Waals surface area (Å²) in [6.07, 6.45) is 7.95. The molecule has 0 heterocycles. The molecule has 0 radical (unpaired) electrons. The van der Waals surface area contributed by atoms with Gasteiger partial charge in [-0.05, 0) is 24.0 Å². The number of unbranched alkanes of at least 4 members (excludes halogenated alkanes) is 4. The van der Waals surface area contributed by atoms with Gasteiger partial charge in [-0.3, -0.25) is 0 Å². The Morgan fingerprint density at radius 1 is 1.00 bits per heavy atom. The molecule has 84 valence electrons. The molecular weight excluding hydrogens is 204 g/mol. The molecule has 0 aliphatic carbocycles. The highest BCUT2D eigenvalue weighted by Gasteiger charge is 1.95. The van der Waals surface area contributed by atoms with E-state index in [0.29, 0.717) is 5.88 Å². The van der Waals surface area contributed by atoms with Crippen molar-refractivity contribution < 1.29 is 0 Å². The van der Waals surface area contributed by atoms with Gasteiger partial charge in [0.25, 0.3) is 0 Å². The highest BCUT2D eigenvalue weighted by Crippen LogP contribution is 2.12. The van der Waals surface area contributed by atoms with Crippen molar-refractivity contribution in [2.75, 3.05) is 0 Å². The van der Waals surface area contributed by atoms with Crippen LogP contribution in [0.4, 0.5) is 0 Å². The maximum absolute atomic E-state index is 5.80. The lowest BCUT2D eigenvalue weighted by Crippen LogP contribution is -1.88. The van der Waals surface area contributed by atoms with Crippen LogP contribution in [-0.2, 0) is 12.3 Å². The molecule has 0 saturated carbocycles. The van der Waals surface area contributed by atoms with Gasteiger partial charge in [-0.25, -0.2) is 0 Å². The molecule has 0 saturated heterocycles. The number of rotatable bonds is 7. The van der Waals surface area contributed by atoms with E-state index in [-0.39, 0.29) is 0 Å². The van der Waals surface area contributed by atoms with E-state index in [2.05, 4.69) is 31.2 Å². The summed E-state index contributed by atoms with van der Waals surface area (Å²) < 4.78 is 0. The summed E-state index contributed by atoms with van der Waals surface area (Å²) >= 11 is 5.80. The fraction of sp³-hybridized carbons (Fsp3) is 0.571. The summed E-state index contributed by atoms with van der Waals surface area (Å²) in [7, 11) is 0. The molecule has 0 nitrogen and oxygen atoms in total. The first-order valence-corrected chi connectivity index (χ1v) is 6.54. The third kappa shape index (κ3) is 5.22. The zero-order chi connectivity index (χ0) is 10.9. The van der Waals surface area contributed by atoms with Crippen LogP contribution in [-0.4, -0.2) is 0 Å². The molecule has 1 rings (SSSR count). The van der Waals surface area contributed by atoms with Crippen molar-refractivity contribution in [1.29, 1.82) is 0 Å². The lowest BCUT2D eigenvalue weighted by atomic mass is 10.0. The van der Waals surface area contributed by atoms with E-state index in [1.165, 1.54) is 49.7 Å². The number of aryl methyl sites for hydroxylation is 1. The lowest BCUT2D eigenvalue weighted by molar-refractivity contribution is 0.632. The lowest BCUT2D eigenvalue weighted by Gasteiger charge is -2.03. The van der Waals surface area contributed by atoms with Crippen molar-refractivity contribution in [1.82, 2.24) is 0 Å². The zero-order valence-corrected chi connectivity index (χ0v) is 10.4. The Kier molecular flexibility index (Phi) is 6.50. The molecule has 0 aliphatic heterocycles. The minimum atomic E-state index is 0.629. The van der Waals surface area contributed by atoms with Gasteiger partial charge >= 0.3 is 0 Å². The Balaban J connectivity index is 2.24. The molecule has 0 N–H and O–H groups in total. The fourth-order valence-corrected chi connectivity index (χ4v) is 1.97. The van der Waals surface area contributed by atoms with E-state index in [9.17, 15) is 0 Å². The number of benzene rings is 1. The smallest absolute Gasteiger partial charge is 0.0474 e. The molecule has 1 aromatic carbocycles. The van der Waals surface area contributed by atoms with Crippen molar-refractivity contribution >= 4 is 11.6 Å². The highest BCUT2D eigenvalue weighted by molar-refractivity contribution is 6.17. The second-order valence-corrected chi connectivity index (χ2v) is 4.39. The van der Waals surface area contributed by atoms with Gasteiger partial charge in [0.2, 0.25) is 0 Å². The predicted octanol–water partition coefficient (Wildman–Crippen LogP) is 4.94. The summed E-state index contributed by atoms with van der Waals surface area (Å²) in [6, 6.07) is 8.63. The molecule has 0 fully saturated rings. The Morgan fingerprint density at radius 3 is 2.47 bits per heavy atom. The van der Waals surface area contributed by atoms with Crippen molar-refractivity contribution in [3.8, 4) is 0 Å². The van der Waals surface area contributed by atoms with Crippen LogP contribution >= 0.6 is 11.6 Å². The largest absolute Gasteiger partial charge is 0.122 e. The Hall–Kier alpha value is -0.490. The Labute approximate surface area is 98.7 Å². The van der Waals surface area contributed by atoms with E-state index in [1.807, 2.05) is 0 Å². The number of hydrogen-bond acceptors (Lipinski definition) is 0. The molecule has 0 unspecified atom stereocenters. The fourth-order valence-electron chi connectivity index (χ4n) is 1.80. The SMILES string of the molecule is CCCCCCCc1cccc(CCl)c1. The molecule has 0 aromatic heterocycles. The maximum atomic E-state index is 5.80. The molecule has 0 spiro atoms. The van der Waals surface area contributed by atoms with E-state index in [1.54, 1.807) is 0 Å².